The SMILES string of the molecule is CCCOC.CN=Cc1ccc(C)cc1C. The highest BCUT2D eigenvalue weighted by Gasteiger charge is 1.92. The Balaban J connectivity index is 0.000000385. The van der Waals surface area contributed by atoms with E-state index in [0.29, 0.717) is 0 Å². The van der Waals surface area contributed by atoms with Gasteiger partial charge in [0.25, 0.3) is 0 Å². The molecule has 16 heavy (non-hydrogen) atoms. The van der Waals surface area contributed by atoms with Crippen molar-refractivity contribution in [2.45, 2.75) is 27.2 Å². The molecule has 0 bridgehead atoms. The lowest BCUT2D eigenvalue weighted by Gasteiger charge is -1.99. The molecule has 1 rings (SSSR count). The molecule has 0 fully saturated rings. The lowest BCUT2D eigenvalue weighted by Crippen LogP contribution is -1.86. The predicted octanol–water partition coefficient (Wildman–Crippen LogP) is 3.39. The zero-order valence-electron chi connectivity index (χ0n) is 11.1. The Bertz CT molecular complexity index is 317. The number of nitrogens with zero attached hydrogens (tertiary/aromatic N) is 1. The smallest absolute Gasteiger partial charge is 0.0459 e. The zero-order valence-corrected chi connectivity index (χ0v) is 11.1. The Morgan fingerprint density at radius 3 is 2.38 bits per heavy atom. The van der Waals surface area contributed by atoms with Crippen LogP contribution in [0.3, 0.4) is 0 Å². The van der Waals surface area contributed by atoms with Crippen LogP contribution in [0.5, 0.6) is 0 Å². The molecule has 0 spiro atoms. The number of rotatable bonds is 3. The number of methoxy groups -OCH3 is 1. The van der Waals surface area contributed by atoms with Gasteiger partial charge in [0.1, 0.15) is 0 Å². The Morgan fingerprint density at radius 2 is 2.00 bits per heavy atom. The molecule has 0 amide bonds. The molecule has 0 unspecified atom stereocenters. The summed E-state index contributed by atoms with van der Waals surface area (Å²) in [4.78, 5) is 3.97. The van der Waals surface area contributed by atoms with Gasteiger partial charge in [-0.05, 0) is 31.4 Å². The van der Waals surface area contributed by atoms with E-state index in [1.54, 1.807) is 14.2 Å². The summed E-state index contributed by atoms with van der Waals surface area (Å²) >= 11 is 0. The first-order valence-corrected chi connectivity index (χ1v) is 5.64. The van der Waals surface area contributed by atoms with Crippen LogP contribution in [0.15, 0.2) is 23.2 Å². The largest absolute Gasteiger partial charge is 0.385 e. The lowest BCUT2D eigenvalue weighted by molar-refractivity contribution is 0.199. The molecule has 0 aromatic heterocycles. The molecular formula is C14H23NO. The second-order valence-electron chi connectivity index (χ2n) is 3.74. The first-order valence-electron chi connectivity index (χ1n) is 5.64. The van der Waals surface area contributed by atoms with Crippen LogP contribution in [0.4, 0.5) is 0 Å². The molecule has 1 aromatic rings. The molecular weight excluding hydrogens is 198 g/mol. The molecule has 0 saturated carbocycles. The molecule has 0 radical (unpaired) electrons. The van der Waals surface area contributed by atoms with Gasteiger partial charge in [0.05, 0.1) is 0 Å². The minimum atomic E-state index is 0.889. The van der Waals surface area contributed by atoms with Crippen molar-refractivity contribution in [2.24, 2.45) is 4.99 Å². The maximum atomic E-state index is 4.69. The molecule has 0 aliphatic carbocycles. The second kappa shape index (κ2) is 9.10. The highest BCUT2D eigenvalue weighted by molar-refractivity contribution is 5.81. The molecule has 0 atom stereocenters. The van der Waals surface area contributed by atoms with Crippen LogP contribution in [0.1, 0.15) is 30.0 Å². The van der Waals surface area contributed by atoms with Gasteiger partial charge in [0, 0.05) is 27.0 Å². The van der Waals surface area contributed by atoms with Crippen LogP contribution in [-0.2, 0) is 4.74 Å². The first kappa shape index (κ1) is 14.8. The van der Waals surface area contributed by atoms with Gasteiger partial charge in [-0.15, -0.1) is 0 Å². The summed E-state index contributed by atoms with van der Waals surface area (Å²) in [6.07, 6.45) is 3.01. The van der Waals surface area contributed by atoms with E-state index in [2.05, 4.69) is 44.0 Å². The van der Waals surface area contributed by atoms with Crippen molar-refractivity contribution in [3.05, 3.63) is 34.9 Å². The summed E-state index contributed by atoms with van der Waals surface area (Å²) in [5.41, 5.74) is 3.80. The van der Waals surface area contributed by atoms with Crippen LogP contribution >= 0.6 is 0 Å². The number of aryl methyl sites for hydroxylation is 2. The Morgan fingerprint density at radius 1 is 1.31 bits per heavy atom. The Labute approximate surface area is 99.4 Å². The van der Waals surface area contributed by atoms with Crippen molar-refractivity contribution in [1.82, 2.24) is 0 Å². The van der Waals surface area contributed by atoms with Gasteiger partial charge in [0.2, 0.25) is 0 Å². The molecule has 90 valence electrons. The fourth-order valence-corrected chi connectivity index (χ4v) is 1.31. The average molecular weight is 221 g/mol. The van der Waals surface area contributed by atoms with E-state index in [1.165, 1.54) is 16.7 Å². The van der Waals surface area contributed by atoms with Gasteiger partial charge in [-0.3, -0.25) is 4.99 Å². The van der Waals surface area contributed by atoms with Crippen LogP contribution in [-0.4, -0.2) is 27.0 Å². The topological polar surface area (TPSA) is 21.6 Å². The third-order valence-electron chi connectivity index (χ3n) is 2.10. The maximum Gasteiger partial charge on any atom is 0.0459 e. The van der Waals surface area contributed by atoms with Crippen LogP contribution < -0.4 is 0 Å². The summed E-state index contributed by atoms with van der Waals surface area (Å²) in [6.45, 7) is 7.17. The van der Waals surface area contributed by atoms with E-state index in [1.807, 2.05) is 6.21 Å². The third-order valence-corrected chi connectivity index (χ3v) is 2.10. The van der Waals surface area contributed by atoms with E-state index in [-0.39, 0.29) is 0 Å². The minimum Gasteiger partial charge on any atom is -0.385 e. The zero-order chi connectivity index (χ0) is 12.4. The number of aliphatic imine (C=N–C) groups is 1. The van der Waals surface area contributed by atoms with Crippen molar-refractivity contribution >= 4 is 6.21 Å². The van der Waals surface area contributed by atoms with E-state index >= 15 is 0 Å². The van der Waals surface area contributed by atoms with Gasteiger partial charge in [0.15, 0.2) is 0 Å². The normalized spacial score (nSPS) is 10.1. The van der Waals surface area contributed by atoms with E-state index in [4.69, 9.17) is 4.74 Å². The Hall–Kier alpha value is -1.15. The number of ether oxygens (including phenoxy) is 1. The molecule has 0 aliphatic rings. The fourth-order valence-electron chi connectivity index (χ4n) is 1.31. The summed E-state index contributed by atoms with van der Waals surface area (Å²) in [5.74, 6) is 0. The highest BCUT2D eigenvalue weighted by atomic mass is 16.5. The summed E-state index contributed by atoms with van der Waals surface area (Å²) in [6, 6.07) is 6.36. The number of hydrogen-bond acceptors (Lipinski definition) is 2. The first-order chi connectivity index (χ1) is 7.65. The summed E-state index contributed by atoms with van der Waals surface area (Å²) in [5, 5.41) is 0. The standard InChI is InChI=1S/C10H13N.C4H10O/c1-8-4-5-10(7-11-3)9(2)6-8;1-3-4-5-2/h4-7H,1-3H3;3-4H2,1-2H3. The van der Waals surface area contributed by atoms with Crippen molar-refractivity contribution in [3.63, 3.8) is 0 Å². The van der Waals surface area contributed by atoms with Gasteiger partial charge in [-0.1, -0.05) is 30.7 Å². The quantitative estimate of drug-likeness (QED) is 0.717. The second-order valence-corrected chi connectivity index (χ2v) is 3.74. The molecule has 0 aliphatic heterocycles. The van der Waals surface area contributed by atoms with E-state index in [0.717, 1.165) is 13.0 Å². The van der Waals surface area contributed by atoms with Crippen molar-refractivity contribution in [3.8, 4) is 0 Å². The fraction of sp³-hybridized carbons (Fsp3) is 0.500. The molecule has 0 N–H and O–H groups in total. The van der Waals surface area contributed by atoms with Crippen LogP contribution in [0.25, 0.3) is 0 Å². The Kier molecular flexibility index (Phi) is 8.45. The minimum absolute atomic E-state index is 0.889. The summed E-state index contributed by atoms with van der Waals surface area (Å²) in [7, 11) is 3.50. The van der Waals surface area contributed by atoms with Crippen molar-refractivity contribution in [1.29, 1.82) is 0 Å². The van der Waals surface area contributed by atoms with Crippen molar-refractivity contribution in [2.75, 3.05) is 20.8 Å². The molecule has 2 heteroatoms. The number of hydrogen-bond donors (Lipinski definition) is 0. The van der Waals surface area contributed by atoms with E-state index < -0.39 is 0 Å². The molecule has 0 heterocycles. The van der Waals surface area contributed by atoms with Crippen LogP contribution in [0, 0.1) is 13.8 Å². The van der Waals surface area contributed by atoms with Gasteiger partial charge in [-0.2, -0.15) is 0 Å². The molecule has 0 saturated heterocycles. The van der Waals surface area contributed by atoms with Gasteiger partial charge >= 0.3 is 0 Å². The lowest BCUT2D eigenvalue weighted by atomic mass is 10.1. The van der Waals surface area contributed by atoms with Crippen LogP contribution in [0.2, 0.25) is 0 Å². The highest BCUT2D eigenvalue weighted by Crippen LogP contribution is 2.07. The van der Waals surface area contributed by atoms with Crippen molar-refractivity contribution < 1.29 is 4.74 Å². The maximum absolute atomic E-state index is 4.69. The third kappa shape index (κ3) is 6.36. The predicted molar refractivity (Wildman–Crippen MR) is 71.6 cm³/mol. The monoisotopic (exact) mass is 221 g/mol. The van der Waals surface area contributed by atoms with Gasteiger partial charge < -0.3 is 4.74 Å². The number of benzene rings is 1. The van der Waals surface area contributed by atoms with E-state index in [9.17, 15) is 0 Å². The molecule has 1 aromatic carbocycles. The molecule has 2 nitrogen and oxygen atoms in total. The average Bonchev–Trinajstić information content (AvgIpc) is 2.24. The summed E-state index contributed by atoms with van der Waals surface area (Å²) < 4.78 is 4.69. The van der Waals surface area contributed by atoms with Gasteiger partial charge in [-0.25, -0.2) is 0 Å².